The third kappa shape index (κ3) is 44.2. The molecule has 0 amide bonds. The lowest BCUT2D eigenvalue weighted by molar-refractivity contribution is 0.113. The number of hydrogen-bond acceptors (Lipinski definition) is 6. The minimum Gasteiger partial charge on any atom is -0.391 e. The molecule has 0 aliphatic carbocycles. The van der Waals surface area contributed by atoms with Crippen LogP contribution in [0.2, 0.25) is 0 Å². The second-order valence-electron chi connectivity index (χ2n) is 3.31. The molecule has 0 saturated heterocycles. The van der Waals surface area contributed by atoms with Crippen molar-refractivity contribution in [1.82, 2.24) is 10.6 Å². The van der Waals surface area contributed by atoms with Crippen LogP contribution in [0.15, 0.2) is 0 Å². The monoisotopic (exact) mass is 286 g/mol. The third-order valence-electron chi connectivity index (χ3n) is 1.43. The zero-order valence-corrected chi connectivity index (χ0v) is 13.2. The summed E-state index contributed by atoms with van der Waals surface area (Å²) in [6.45, 7) is 14.2. The molecule has 18 heavy (non-hydrogen) atoms. The van der Waals surface area contributed by atoms with Crippen LogP contribution in [-0.2, 0) is 4.52 Å². The van der Waals surface area contributed by atoms with Gasteiger partial charge in [0.15, 0.2) is 0 Å². The molecule has 6 nitrogen and oxygen atoms in total. The van der Waals surface area contributed by atoms with Gasteiger partial charge in [0.2, 0.25) is 0 Å². The van der Waals surface area contributed by atoms with E-state index in [1.54, 1.807) is 0 Å². The zero-order valence-electron chi connectivity index (χ0n) is 12.3. The Balaban J connectivity index is -0.000000197. The van der Waals surface area contributed by atoms with Crippen molar-refractivity contribution in [1.29, 1.82) is 0 Å². The predicted molar refractivity (Wildman–Crippen MR) is 77.4 cm³/mol. The molecule has 0 bridgehead atoms. The highest BCUT2D eigenvalue weighted by Crippen LogP contribution is 2.23. The third-order valence-corrected chi connectivity index (χ3v) is 1.81. The first-order valence-electron chi connectivity index (χ1n) is 6.36. The normalized spacial score (nSPS) is 11.2. The summed E-state index contributed by atoms with van der Waals surface area (Å²) in [6, 6.07) is 0. The van der Waals surface area contributed by atoms with Gasteiger partial charge in [0, 0.05) is 0 Å². The van der Waals surface area contributed by atoms with Crippen LogP contribution in [0.1, 0.15) is 34.6 Å². The standard InChI is InChI=1S/2C4H11N.C3H9O4P/c2*1-3-5-4-2;1-3(4)2-7-8(5)6/h2*5H,3-4H2,1-2H3;3-6H,2H2,1H3. The summed E-state index contributed by atoms with van der Waals surface area (Å²) in [5.74, 6) is 0. The Hall–Kier alpha value is 0.190. The lowest BCUT2D eigenvalue weighted by Gasteiger charge is -2.04. The maximum atomic E-state index is 8.46. The van der Waals surface area contributed by atoms with Crippen molar-refractivity contribution in [3.63, 3.8) is 0 Å². The Labute approximate surface area is 113 Å². The number of aliphatic hydroxyl groups excluding tert-OH is 1. The SMILES string of the molecule is CC(O)COP(O)O.CCNCC.CCNCC. The van der Waals surface area contributed by atoms with Crippen molar-refractivity contribution in [2.75, 3.05) is 32.8 Å². The number of aliphatic hydroxyl groups is 1. The molecular formula is C11H31N2O4P. The van der Waals surface area contributed by atoms with E-state index >= 15 is 0 Å². The van der Waals surface area contributed by atoms with Crippen molar-refractivity contribution < 1.29 is 19.4 Å². The fourth-order valence-corrected chi connectivity index (χ4v) is 1.02. The fourth-order valence-electron chi connectivity index (χ4n) is 0.675. The van der Waals surface area contributed by atoms with E-state index in [4.69, 9.17) is 14.9 Å². The van der Waals surface area contributed by atoms with E-state index in [1.807, 2.05) is 0 Å². The Bertz CT molecular complexity index is 112. The van der Waals surface area contributed by atoms with Crippen LogP contribution in [0, 0.1) is 0 Å². The molecule has 0 spiro atoms. The summed E-state index contributed by atoms with van der Waals surface area (Å²) in [4.78, 5) is 16.2. The summed E-state index contributed by atoms with van der Waals surface area (Å²) in [6.07, 6.45) is -0.640. The molecule has 0 radical (unpaired) electrons. The van der Waals surface area contributed by atoms with E-state index in [0.717, 1.165) is 26.2 Å². The minimum absolute atomic E-state index is 0.0291. The van der Waals surface area contributed by atoms with Crippen LogP contribution >= 0.6 is 8.60 Å². The quantitative estimate of drug-likeness (QED) is 0.445. The van der Waals surface area contributed by atoms with E-state index in [-0.39, 0.29) is 6.61 Å². The largest absolute Gasteiger partial charge is 0.391 e. The topological polar surface area (TPSA) is 94.0 Å². The molecular weight excluding hydrogens is 255 g/mol. The lowest BCUT2D eigenvalue weighted by Crippen LogP contribution is -2.09. The van der Waals surface area contributed by atoms with Gasteiger partial charge in [-0.3, -0.25) is 0 Å². The highest BCUT2D eigenvalue weighted by Gasteiger charge is 2.00. The second kappa shape index (κ2) is 22.4. The van der Waals surface area contributed by atoms with Crippen molar-refractivity contribution in [3.8, 4) is 0 Å². The Kier molecular flexibility index (Phi) is 29.0. The van der Waals surface area contributed by atoms with E-state index in [0.29, 0.717) is 0 Å². The van der Waals surface area contributed by atoms with Gasteiger partial charge in [-0.05, 0) is 33.1 Å². The number of rotatable bonds is 7. The molecule has 0 aliphatic rings. The molecule has 0 aromatic carbocycles. The van der Waals surface area contributed by atoms with Gasteiger partial charge in [-0.25, -0.2) is 0 Å². The zero-order chi connectivity index (χ0) is 14.8. The molecule has 0 heterocycles. The molecule has 7 heteroatoms. The molecule has 0 rings (SSSR count). The summed E-state index contributed by atoms with van der Waals surface area (Å²) in [5.41, 5.74) is 0. The van der Waals surface area contributed by atoms with E-state index in [2.05, 4.69) is 42.9 Å². The molecule has 114 valence electrons. The van der Waals surface area contributed by atoms with Gasteiger partial charge in [-0.15, -0.1) is 0 Å². The average Bonchev–Trinajstić information content (AvgIpc) is 2.30. The fraction of sp³-hybridized carbons (Fsp3) is 1.00. The molecule has 0 fully saturated rings. The Morgan fingerprint density at radius 1 is 0.944 bits per heavy atom. The first-order valence-corrected chi connectivity index (χ1v) is 7.52. The van der Waals surface area contributed by atoms with E-state index < -0.39 is 14.7 Å². The van der Waals surface area contributed by atoms with Crippen molar-refractivity contribution in [2.45, 2.75) is 40.7 Å². The van der Waals surface area contributed by atoms with Gasteiger partial charge in [0.25, 0.3) is 0 Å². The smallest absolute Gasteiger partial charge is 0.327 e. The van der Waals surface area contributed by atoms with Crippen LogP contribution in [0.25, 0.3) is 0 Å². The number of hydrogen-bond donors (Lipinski definition) is 5. The molecule has 0 aliphatic heterocycles. The highest BCUT2D eigenvalue weighted by atomic mass is 31.2. The van der Waals surface area contributed by atoms with Gasteiger partial charge >= 0.3 is 8.60 Å². The van der Waals surface area contributed by atoms with Crippen molar-refractivity contribution in [3.05, 3.63) is 0 Å². The van der Waals surface area contributed by atoms with Gasteiger partial charge in [0.1, 0.15) is 0 Å². The summed E-state index contributed by atoms with van der Waals surface area (Å²) in [7, 11) is -2.29. The second-order valence-corrected chi connectivity index (χ2v) is 4.08. The van der Waals surface area contributed by atoms with Gasteiger partial charge in [-0.1, -0.05) is 27.7 Å². The predicted octanol–water partition coefficient (Wildman–Crippen LogP) is 0.827. The van der Waals surface area contributed by atoms with Gasteiger partial charge < -0.3 is 30.1 Å². The summed E-state index contributed by atoms with van der Waals surface area (Å²) < 4.78 is 4.23. The average molecular weight is 286 g/mol. The van der Waals surface area contributed by atoms with E-state index in [9.17, 15) is 0 Å². The lowest BCUT2D eigenvalue weighted by atomic mass is 10.5. The highest BCUT2D eigenvalue weighted by molar-refractivity contribution is 7.39. The van der Waals surface area contributed by atoms with Crippen LogP contribution in [0.4, 0.5) is 0 Å². The summed E-state index contributed by atoms with van der Waals surface area (Å²) in [5, 5.41) is 14.7. The maximum absolute atomic E-state index is 8.46. The van der Waals surface area contributed by atoms with Gasteiger partial charge in [0.05, 0.1) is 12.7 Å². The number of nitrogens with one attached hydrogen (secondary N) is 2. The molecule has 5 N–H and O–H groups in total. The summed E-state index contributed by atoms with van der Waals surface area (Å²) >= 11 is 0. The molecule has 1 unspecified atom stereocenters. The molecule has 1 atom stereocenters. The first-order chi connectivity index (χ1) is 8.45. The van der Waals surface area contributed by atoms with Gasteiger partial charge in [-0.2, -0.15) is 0 Å². The van der Waals surface area contributed by atoms with Crippen molar-refractivity contribution >= 4 is 8.60 Å². The van der Waals surface area contributed by atoms with E-state index in [1.165, 1.54) is 6.92 Å². The van der Waals surface area contributed by atoms with Crippen molar-refractivity contribution in [2.24, 2.45) is 0 Å². The van der Waals surface area contributed by atoms with Crippen LogP contribution in [0.5, 0.6) is 0 Å². The maximum Gasteiger partial charge on any atom is 0.327 e. The Morgan fingerprint density at radius 3 is 1.33 bits per heavy atom. The Morgan fingerprint density at radius 2 is 1.28 bits per heavy atom. The first kappa shape index (κ1) is 23.3. The molecule has 0 aromatic heterocycles. The molecule has 0 saturated carbocycles. The van der Waals surface area contributed by atoms with Crippen LogP contribution < -0.4 is 10.6 Å². The minimum atomic E-state index is -2.29. The van der Waals surface area contributed by atoms with Crippen LogP contribution in [0.3, 0.4) is 0 Å². The van der Waals surface area contributed by atoms with Crippen LogP contribution in [-0.4, -0.2) is 53.8 Å². The molecule has 0 aromatic rings.